The van der Waals surface area contributed by atoms with Crippen LogP contribution in [0.15, 0.2) is 18.2 Å². The third-order valence-corrected chi connectivity index (χ3v) is 2.18. The van der Waals surface area contributed by atoms with E-state index in [1.807, 2.05) is 0 Å². The van der Waals surface area contributed by atoms with Gasteiger partial charge in [0.15, 0.2) is 0 Å². The van der Waals surface area contributed by atoms with E-state index in [-0.39, 0.29) is 30.0 Å². The third kappa shape index (κ3) is 4.15. The van der Waals surface area contributed by atoms with E-state index in [2.05, 4.69) is 10.6 Å². The first-order chi connectivity index (χ1) is 8.91. The molecule has 0 unspecified atom stereocenters. The number of carboxylic acids is 1. The molecule has 0 aliphatic rings. The summed E-state index contributed by atoms with van der Waals surface area (Å²) in [5, 5.41) is 24.6. The molecule has 0 aliphatic carbocycles. The number of hydrogen-bond donors (Lipinski definition) is 4. The Bertz CT molecular complexity index is 517. The smallest absolute Gasteiger partial charge is 0.338 e. The monoisotopic (exact) mass is 268 g/mol. The molecule has 0 fully saturated rings. The first kappa shape index (κ1) is 14.2. The Morgan fingerprint density at radius 1 is 1.37 bits per heavy atom. The lowest BCUT2D eigenvalue weighted by Gasteiger charge is -2.09. The molecule has 0 saturated heterocycles. The van der Waals surface area contributed by atoms with Gasteiger partial charge in [-0.25, -0.2) is 9.59 Å². The first-order valence-corrected chi connectivity index (χ1v) is 5.20. The molecule has 0 aliphatic heterocycles. The third-order valence-electron chi connectivity index (χ3n) is 2.18. The van der Waals surface area contributed by atoms with Crippen LogP contribution < -0.4 is 16.4 Å². The van der Waals surface area contributed by atoms with E-state index in [9.17, 15) is 19.7 Å². The van der Waals surface area contributed by atoms with Gasteiger partial charge in [-0.05, 0) is 6.07 Å². The Morgan fingerprint density at radius 3 is 2.58 bits per heavy atom. The molecular weight excluding hydrogens is 256 g/mol. The van der Waals surface area contributed by atoms with Crippen LogP contribution in [-0.2, 0) is 0 Å². The Kier molecular flexibility index (Phi) is 4.63. The molecule has 0 heterocycles. The number of carboxylic acid groups (broad SMARTS) is 1. The number of benzene rings is 1. The molecule has 102 valence electrons. The SMILES string of the molecule is NC(=O)NCCNc1ccc([N+](=O)[O-])cc1C(=O)O. The highest BCUT2D eigenvalue weighted by Gasteiger charge is 2.15. The summed E-state index contributed by atoms with van der Waals surface area (Å²) in [6, 6.07) is 2.76. The number of hydrogen-bond acceptors (Lipinski definition) is 5. The maximum absolute atomic E-state index is 11.0. The van der Waals surface area contributed by atoms with Crippen molar-refractivity contribution in [1.82, 2.24) is 5.32 Å². The lowest BCUT2D eigenvalue weighted by molar-refractivity contribution is -0.384. The summed E-state index contributed by atoms with van der Waals surface area (Å²) >= 11 is 0. The van der Waals surface area contributed by atoms with Crippen molar-refractivity contribution in [1.29, 1.82) is 0 Å². The lowest BCUT2D eigenvalue weighted by Crippen LogP contribution is -2.33. The number of nitrogens with zero attached hydrogens (tertiary/aromatic N) is 1. The maximum Gasteiger partial charge on any atom is 0.338 e. The van der Waals surface area contributed by atoms with Crippen molar-refractivity contribution in [2.45, 2.75) is 0 Å². The number of primary amides is 1. The van der Waals surface area contributed by atoms with E-state index < -0.39 is 16.9 Å². The number of amides is 2. The summed E-state index contributed by atoms with van der Waals surface area (Å²) in [7, 11) is 0. The van der Waals surface area contributed by atoms with Crippen LogP contribution >= 0.6 is 0 Å². The summed E-state index contributed by atoms with van der Waals surface area (Å²) in [5.41, 5.74) is 4.56. The zero-order valence-electron chi connectivity index (χ0n) is 9.75. The largest absolute Gasteiger partial charge is 0.478 e. The molecule has 9 nitrogen and oxygen atoms in total. The number of carbonyl (C=O) groups is 2. The molecule has 0 saturated carbocycles. The number of nitro groups is 1. The maximum atomic E-state index is 11.0. The van der Waals surface area contributed by atoms with Crippen LogP contribution in [0.1, 0.15) is 10.4 Å². The molecule has 1 rings (SSSR count). The molecule has 0 radical (unpaired) electrons. The average Bonchev–Trinajstić information content (AvgIpc) is 2.34. The summed E-state index contributed by atoms with van der Waals surface area (Å²) in [6.07, 6.45) is 0. The molecule has 1 aromatic rings. The molecule has 0 bridgehead atoms. The number of urea groups is 1. The molecule has 5 N–H and O–H groups in total. The molecule has 0 atom stereocenters. The summed E-state index contributed by atoms with van der Waals surface area (Å²) < 4.78 is 0. The minimum Gasteiger partial charge on any atom is -0.478 e. The van der Waals surface area contributed by atoms with Gasteiger partial charge in [0.25, 0.3) is 5.69 Å². The molecule has 2 amide bonds. The minimum absolute atomic E-state index is 0.200. The van der Waals surface area contributed by atoms with Crippen molar-refractivity contribution in [2.75, 3.05) is 18.4 Å². The van der Waals surface area contributed by atoms with Crippen molar-refractivity contribution in [3.05, 3.63) is 33.9 Å². The lowest BCUT2D eigenvalue weighted by atomic mass is 10.1. The van der Waals surface area contributed by atoms with Gasteiger partial charge in [0.05, 0.1) is 10.5 Å². The van der Waals surface area contributed by atoms with Crippen molar-refractivity contribution < 1.29 is 19.6 Å². The standard InChI is InChI=1S/C10H12N4O5/c11-10(17)13-4-3-12-8-2-1-6(14(18)19)5-7(8)9(15)16/h1-2,5,12H,3-4H2,(H,15,16)(H3,11,13,17). The second kappa shape index (κ2) is 6.19. The summed E-state index contributed by atoms with van der Waals surface area (Å²) in [6.45, 7) is 0.437. The first-order valence-electron chi connectivity index (χ1n) is 5.20. The number of nitrogens with one attached hydrogen (secondary N) is 2. The summed E-state index contributed by atoms with van der Waals surface area (Å²) in [5.74, 6) is -1.28. The van der Waals surface area contributed by atoms with Crippen LogP contribution in [0.2, 0.25) is 0 Å². The number of nitro benzene ring substituents is 1. The quantitative estimate of drug-likeness (QED) is 0.333. The molecule has 19 heavy (non-hydrogen) atoms. The Morgan fingerprint density at radius 2 is 2.05 bits per heavy atom. The fourth-order valence-corrected chi connectivity index (χ4v) is 1.36. The van der Waals surface area contributed by atoms with Crippen molar-refractivity contribution >= 4 is 23.4 Å². The highest BCUT2D eigenvalue weighted by molar-refractivity contribution is 5.95. The van der Waals surface area contributed by atoms with Crippen LogP contribution in [0.4, 0.5) is 16.2 Å². The highest BCUT2D eigenvalue weighted by atomic mass is 16.6. The fourth-order valence-electron chi connectivity index (χ4n) is 1.36. The van der Waals surface area contributed by atoms with Crippen molar-refractivity contribution in [3.63, 3.8) is 0 Å². The Balaban J connectivity index is 2.79. The predicted octanol–water partition coefficient (Wildman–Crippen LogP) is 0.373. The van der Waals surface area contributed by atoms with Crippen LogP contribution in [0, 0.1) is 10.1 Å². The van der Waals surface area contributed by atoms with Crippen LogP contribution in [-0.4, -0.2) is 35.1 Å². The highest BCUT2D eigenvalue weighted by Crippen LogP contribution is 2.21. The van der Waals surface area contributed by atoms with Crippen molar-refractivity contribution in [2.24, 2.45) is 5.73 Å². The van der Waals surface area contributed by atoms with Gasteiger partial charge in [-0.1, -0.05) is 0 Å². The zero-order valence-corrected chi connectivity index (χ0v) is 9.75. The number of carbonyl (C=O) groups excluding carboxylic acids is 1. The number of anilines is 1. The van der Waals surface area contributed by atoms with Gasteiger partial charge in [0.1, 0.15) is 0 Å². The topological polar surface area (TPSA) is 148 Å². The van der Waals surface area contributed by atoms with Gasteiger partial charge in [-0.15, -0.1) is 0 Å². The second-order valence-electron chi connectivity index (χ2n) is 3.51. The molecular formula is C10H12N4O5. The average molecular weight is 268 g/mol. The van der Waals surface area contributed by atoms with E-state index >= 15 is 0 Å². The molecule has 1 aromatic carbocycles. The number of aromatic carboxylic acids is 1. The van der Waals surface area contributed by atoms with Gasteiger partial charge in [-0.3, -0.25) is 10.1 Å². The van der Waals surface area contributed by atoms with Crippen LogP contribution in [0.25, 0.3) is 0 Å². The fraction of sp³-hybridized carbons (Fsp3) is 0.200. The predicted molar refractivity (Wildman–Crippen MR) is 66.1 cm³/mol. The van der Waals surface area contributed by atoms with Crippen LogP contribution in [0.5, 0.6) is 0 Å². The van der Waals surface area contributed by atoms with Crippen molar-refractivity contribution in [3.8, 4) is 0 Å². The Hall–Kier alpha value is -2.84. The second-order valence-corrected chi connectivity index (χ2v) is 3.51. The van der Waals surface area contributed by atoms with Gasteiger partial charge < -0.3 is 21.5 Å². The van der Waals surface area contributed by atoms with Crippen LogP contribution in [0.3, 0.4) is 0 Å². The number of rotatable bonds is 6. The molecule has 0 spiro atoms. The van der Waals surface area contributed by atoms with E-state index in [0.717, 1.165) is 6.07 Å². The number of non-ortho nitro benzene ring substituents is 1. The molecule has 0 aromatic heterocycles. The summed E-state index contributed by atoms with van der Waals surface area (Å²) in [4.78, 5) is 31.3. The normalized spacial score (nSPS) is 9.68. The number of nitrogens with two attached hydrogens (primary N) is 1. The minimum atomic E-state index is -1.28. The van der Waals surface area contributed by atoms with Gasteiger partial charge in [-0.2, -0.15) is 0 Å². The van der Waals surface area contributed by atoms with E-state index in [1.54, 1.807) is 0 Å². The van der Waals surface area contributed by atoms with Gasteiger partial charge in [0.2, 0.25) is 0 Å². The van der Waals surface area contributed by atoms with E-state index in [1.165, 1.54) is 12.1 Å². The zero-order chi connectivity index (χ0) is 14.4. The van der Waals surface area contributed by atoms with E-state index in [4.69, 9.17) is 10.8 Å². The van der Waals surface area contributed by atoms with Gasteiger partial charge in [0, 0.05) is 30.9 Å². The van der Waals surface area contributed by atoms with E-state index in [0.29, 0.717) is 0 Å². The molecule has 9 heteroatoms. The van der Waals surface area contributed by atoms with Gasteiger partial charge >= 0.3 is 12.0 Å². The Labute approximate surface area is 107 Å².